The molecule has 0 aliphatic rings. The Morgan fingerprint density at radius 1 is 1.04 bits per heavy atom. The van der Waals surface area contributed by atoms with Crippen LogP contribution in [0, 0.1) is 0 Å². The predicted molar refractivity (Wildman–Crippen MR) is 94.6 cm³/mol. The molecule has 0 unspecified atom stereocenters. The summed E-state index contributed by atoms with van der Waals surface area (Å²) in [6, 6.07) is 5.98. The molecule has 0 bridgehead atoms. The minimum absolute atomic E-state index is 0.389. The number of ether oxygens (including phenoxy) is 1. The van der Waals surface area contributed by atoms with Crippen LogP contribution < -0.4 is 10.4 Å². The molecule has 128 valence electrons. The molecular formula is C19H23NO4. The third kappa shape index (κ3) is 2.69. The molecule has 24 heavy (non-hydrogen) atoms. The van der Waals surface area contributed by atoms with Gasteiger partial charge in [-0.2, -0.15) is 0 Å². The van der Waals surface area contributed by atoms with Crippen LogP contribution in [0.4, 0.5) is 0 Å². The maximum Gasteiger partial charge on any atom is 0.336 e. The van der Waals surface area contributed by atoms with Crippen LogP contribution in [0.3, 0.4) is 0 Å². The maximum atomic E-state index is 11.7. The van der Waals surface area contributed by atoms with Crippen LogP contribution in [0.25, 0.3) is 21.9 Å². The second-order valence-corrected chi connectivity index (χ2v) is 6.53. The van der Waals surface area contributed by atoms with Gasteiger partial charge in [0.2, 0.25) is 5.75 Å². The van der Waals surface area contributed by atoms with Gasteiger partial charge in [-0.25, -0.2) is 4.79 Å². The average Bonchev–Trinajstić information content (AvgIpc) is 2.99. The van der Waals surface area contributed by atoms with Crippen molar-refractivity contribution >= 4 is 21.9 Å². The molecule has 0 amide bonds. The summed E-state index contributed by atoms with van der Waals surface area (Å²) >= 11 is 0. The fourth-order valence-electron chi connectivity index (χ4n) is 3.29. The summed E-state index contributed by atoms with van der Waals surface area (Å²) in [5, 5.41) is 1.87. The van der Waals surface area contributed by atoms with Crippen LogP contribution >= 0.6 is 0 Å². The van der Waals surface area contributed by atoms with Crippen LogP contribution in [-0.2, 0) is 6.54 Å². The van der Waals surface area contributed by atoms with Crippen LogP contribution in [-0.4, -0.2) is 24.1 Å². The topological polar surface area (TPSA) is 55.8 Å². The standard InChI is InChI=1S/C19H23NO4/c1-11(2)20(12(3)4)10-15-13-6-7-16(21)24-18(13)19(22-5)17-14(15)8-9-23-17/h6-9,11-12H,10H2,1-5H3. The van der Waals surface area contributed by atoms with Crippen molar-refractivity contribution < 1.29 is 13.6 Å². The van der Waals surface area contributed by atoms with Gasteiger partial charge in [0, 0.05) is 35.5 Å². The van der Waals surface area contributed by atoms with Crippen molar-refractivity contribution in [1.29, 1.82) is 0 Å². The van der Waals surface area contributed by atoms with E-state index in [9.17, 15) is 4.79 Å². The summed E-state index contributed by atoms with van der Waals surface area (Å²) in [5.41, 5.74) is 1.74. The molecule has 0 saturated heterocycles. The molecule has 3 aromatic rings. The van der Waals surface area contributed by atoms with Crippen LogP contribution in [0.5, 0.6) is 5.75 Å². The third-order valence-electron chi connectivity index (χ3n) is 4.43. The molecule has 0 saturated carbocycles. The first-order chi connectivity index (χ1) is 11.4. The summed E-state index contributed by atoms with van der Waals surface area (Å²) in [5.74, 6) is 0.465. The van der Waals surface area contributed by atoms with Gasteiger partial charge in [0.1, 0.15) is 0 Å². The lowest BCUT2D eigenvalue weighted by molar-refractivity contribution is 0.167. The summed E-state index contributed by atoms with van der Waals surface area (Å²) in [6.07, 6.45) is 1.64. The first kappa shape index (κ1) is 16.6. The van der Waals surface area contributed by atoms with Crippen molar-refractivity contribution in [3.63, 3.8) is 0 Å². The highest BCUT2D eigenvalue weighted by molar-refractivity contribution is 6.03. The van der Waals surface area contributed by atoms with E-state index in [2.05, 4.69) is 32.6 Å². The van der Waals surface area contributed by atoms with Gasteiger partial charge in [-0.1, -0.05) is 0 Å². The molecule has 5 heteroatoms. The van der Waals surface area contributed by atoms with Gasteiger partial charge in [-0.15, -0.1) is 0 Å². The summed E-state index contributed by atoms with van der Waals surface area (Å²) in [7, 11) is 1.55. The lowest BCUT2D eigenvalue weighted by atomic mass is 10.0. The molecule has 0 spiro atoms. The Bertz CT molecular complexity index is 912. The van der Waals surface area contributed by atoms with Gasteiger partial charge < -0.3 is 13.6 Å². The Kier molecular flexibility index (Phi) is 4.37. The second-order valence-electron chi connectivity index (χ2n) is 6.53. The van der Waals surface area contributed by atoms with E-state index in [0.29, 0.717) is 29.0 Å². The van der Waals surface area contributed by atoms with Crippen molar-refractivity contribution in [2.75, 3.05) is 7.11 Å². The zero-order chi connectivity index (χ0) is 17.4. The highest BCUT2D eigenvalue weighted by atomic mass is 16.5. The molecular weight excluding hydrogens is 306 g/mol. The number of furan rings is 1. The van der Waals surface area contributed by atoms with Gasteiger partial charge in [0.05, 0.1) is 13.4 Å². The van der Waals surface area contributed by atoms with E-state index < -0.39 is 5.63 Å². The highest BCUT2D eigenvalue weighted by Crippen LogP contribution is 2.39. The number of rotatable bonds is 5. The number of nitrogens with zero attached hydrogens (tertiary/aromatic N) is 1. The molecule has 0 fully saturated rings. The van der Waals surface area contributed by atoms with Crippen molar-refractivity contribution in [2.24, 2.45) is 0 Å². The first-order valence-corrected chi connectivity index (χ1v) is 8.19. The lowest BCUT2D eigenvalue weighted by Gasteiger charge is -2.31. The Morgan fingerprint density at radius 3 is 2.33 bits per heavy atom. The van der Waals surface area contributed by atoms with Crippen LogP contribution in [0.15, 0.2) is 38.1 Å². The Labute approximate surface area is 140 Å². The largest absolute Gasteiger partial charge is 0.490 e. The molecule has 2 aromatic heterocycles. The quantitative estimate of drug-likeness (QED) is 0.658. The van der Waals surface area contributed by atoms with Crippen molar-refractivity contribution in [1.82, 2.24) is 4.90 Å². The van der Waals surface area contributed by atoms with Crippen molar-refractivity contribution in [2.45, 2.75) is 46.3 Å². The van der Waals surface area contributed by atoms with Crippen molar-refractivity contribution in [3.8, 4) is 5.75 Å². The normalized spacial score (nSPS) is 12.2. The summed E-state index contributed by atoms with van der Waals surface area (Å²) in [4.78, 5) is 14.1. The Hall–Kier alpha value is -2.27. The number of benzene rings is 1. The van der Waals surface area contributed by atoms with Gasteiger partial charge in [0.25, 0.3) is 0 Å². The Balaban J connectivity index is 2.32. The summed E-state index contributed by atoms with van der Waals surface area (Å²) < 4.78 is 16.5. The predicted octanol–water partition coefficient (Wildman–Crippen LogP) is 4.17. The average molecular weight is 329 g/mol. The van der Waals surface area contributed by atoms with Crippen LogP contribution in [0.1, 0.15) is 33.3 Å². The molecule has 0 atom stereocenters. The van der Waals surface area contributed by atoms with E-state index in [1.54, 1.807) is 13.4 Å². The molecule has 0 aliphatic carbocycles. The molecule has 1 aromatic carbocycles. The van der Waals surface area contributed by atoms with Crippen molar-refractivity contribution in [3.05, 3.63) is 40.4 Å². The highest BCUT2D eigenvalue weighted by Gasteiger charge is 2.22. The molecule has 0 N–H and O–H groups in total. The van der Waals surface area contributed by atoms with E-state index in [-0.39, 0.29) is 0 Å². The molecule has 0 aliphatic heterocycles. The van der Waals surface area contributed by atoms with E-state index in [1.165, 1.54) is 6.07 Å². The monoisotopic (exact) mass is 329 g/mol. The van der Waals surface area contributed by atoms with Gasteiger partial charge >= 0.3 is 5.63 Å². The number of fused-ring (bicyclic) bond motifs is 2. The smallest absolute Gasteiger partial charge is 0.336 e. The van der Waals surface area contributed by atoms with E-state index >= 15 is 0 Å². The lowest BCUT2D eigenvalue weighted by Crippen LogP contribution is -2.36. The third-order valence-corrected chi connectivity index (χ3v) is 4.43. The number of hydrogen-bond donors (Lipinski definition) is 0. The number of methoxy groups -OCH3 is 1. The zero-order valence-electron chi connectivity index (χ0n) is 14.8. The minimum Gasteiger partial charge on any atom is -0.490 e. The van der Waals surface area contributed by atoms with E-state index in [4.69, 9.17) is 13.6 Å². The molecule has 5 nitrogen and oxygen atoms in total. The minimum atomic E-state index is -0.401. The van der Waals surface area contributed by atoms with E-state index in [1.807, 2.05) is 12.1 Å². The Morgan fingerprint density at radius 2 is 1.71 bits per heavy atom. The molecule has 2 heterocycles. The zero-order valence-corrected chi connectivity index (χ0v) is 14.8. The maximum absolute atomic E-state index is 11.7. The van der Waals surface area contributed by atoms with E-state index in [0.717, 1.165) is 22.9 Å². The first-order valence-electron chi connectivity index (χ1n) is 8.19. The fraction of sp³-hybridized carbons (Fsp3) is 0.421. The number of hydrogen-bond acceptors (Lipinski definition) is 5. The molecule has 0 radical (unpaired) electrons. The fourth-order valence-corrected chi connectivity index (χ4v) is 3.29. The second kappa shape index (κ2) is 6.32. The SMILES string of the molecule is COc1c2occc2c(CN(C(C)C)C(C)C)c2ccc(=O)oc12. The summed E-state index contributed by atoms with van der Waals surface area (Å²) in [6.45, 7) is 9.45. The van der Waals surface area contributed by atoms with Gasteiger partial charge in [-0.05, 0) is 45.4 Å². The van der Waals surface area contributed by atoms with Gasteiger partial charge in [0.15, 0.2) is 11.2 Å². The van der Waals surface area contributed by atoms with Crippen LogP contribution in [0.2, 0.25) is 0 Å². The molecule has 3 rings (SSSR count). The van der Waals surface area contributed by atoms with Gasteiger partial charge in [-0.3, -0.25) is 4.90 Å².